The third-order valence-corrected chi connectivity index (χ3v) is 4.91. The maximum Gasteiger partial charge on any atom is 0.307 e. The zero-order valence-corrected chi connectivity index (χ0v) is 15.6. The minimum Gasteiger partial charge on any atom is -0.482 e. The van der Waals surface area contributed by atoms with Crippen molar-refractivity contribution in [1.29, 1.82) is 0 Å². The molecular formula is C20H19NO5S. The molecular weight excluding hydrogens is 366 g/mol. The van der Waals surface area contributed by atoms with Gasteiger partial charge in [0, 0.05) is 16.2 Å². The topological polar surface area (TPSA) is 81.7 Å². The van der Waals surface area contributed by atoms with Crippen molar-refractivity contribution in [2.75, 3.05) is 24.3 Å². The summed E-state index contributed by atoms with van der Waals surface area (Å²) in [6, 6.07) is 12.8. The second-order valence-corrected chi connectivity index (χ2v) is 7.21. The first-order valence-electron chi connectivity index (χ1n) is 8.46. The van der Waals surface area contributed by atoms with Crippen molar-refractivity contribution < 1.29 is 23.9 Å². The van der Waals surface area contributed by atoms with Crippen LogP contribution in [0, 0.1) is 6.92 Å². The minimum atomic E-state index is -0.419. The Balaban J connectivity index is 1.44. The number of ketones is 1. The van der Waals surface area contributed by atoms with E-state index in [2.05, 4.69) is 5.32 Å². The Morgan fingerprint density at radius 1 is 1.19 bits per heavy atom. The van der Waals surface area contributed by atoms with Gasteiger partial charge in [-0.15, -0.1) is 11.8 Å². The molecule has 0 unspecified atom stereocenters. The molecule has 0 aromatic heterocycles. The standard InChI is InChI=1S/C20H19NO5S/c1-13-2-5-15(6-3-13)27-9-8-20(24)26-11-17(22)14-4-7-18-16(10-14)21-19(23)12-25-18/h2-7,10H,8-9,11-12H2,1H3,(H,21,23). The Hall–Kier alpha value is -2.80. The summed E-state index contributed by atoms with van der Waals surface area (Å²) >= 11 is 1.56. The maximum atomic E-state index is 12.2. The quantitative estimate of drug-likeness (QED) is 0.448. The van der Waals surface area contributed by atoms with Crippen LogP contribution >= 0.6 is 11.8 Å². The predicted molar refractivity (Wildman–Crippen MR) is 102 cm³/mol. The fraction of sp³-hybridized carbons (Fsp3) is 0.250. The minimum absolute atomic E-state index is 0.0431. The number of fused-ring (bicyclic) bond motifs is 1. The summed E-state index contributed by atoms with van der Waals surface area (Å²) in [7, 11) is 0. The zero-order valence-electron chi connectivity index (χ0n) is 14.8. The van der Waals surface area contributed by atoms with E-state index in [-0.39, 0.29) is 31.3 Å². The molecule has 1 N–H and O–H groups in total. The summed E-state index contributed by atoms with van der Waals surface area (Å²) in [5.74, 6) is 0.0637. The fourth-order valence-corrected chi connectivity index (χ4v) is 3.28. The lowest BCUT2D eigenvalue weighted by molar-refractivity contribution is -0.142. The van der Waals surface area contributed by atoms with Crippen LogP contribution in [0.25, 0.3) is 0 Å². The number of Topliss-reactive ketones (excluding diaryl/α,β-unsaturated/α-hetero) is 1. The molecule has 7 heteroatoms. The van der Waals surface area contributed by atoms with Crippen LogP contribution in [0.4, 0.5) is 5.69 Å². The molecule has 1 aliphatic rings. The van der Waals surface area contributed by atoms with Crippen LogP contribution in [0.15, 0.2) is 47.4 Å². The lowest BCUT2D eigenvalue weighted by atomic mass is 10.1. The highest BCUT2D eigenvalue weighted by Crippen LogP contribution is 2.28. The van der Waals surface area contributed by atoms with Crippen LogP contribution in [0.5, 0.6) is 5.75 Å². The number of rotatable bonds is 7. The van der Waals surface area contributed by atoms with Crippen molar-refractivity contribution in [2.45, 2.75) is 18.2 Å². The SMILES string of the molecule is Cc1ccc(SCCC(=O)OCC(=O)c2ccc3c(c2)NC(=O)CO3)cc1. The first-order chi connectivity index (χ1) is 13.0. The van der Waals surface area contributed by atoms with Gasteiger partial charge in [-0.3, -0.25) is 14.4 Å². The fourth-order valence-electron chi connectivity index (χ4n) is 2.44. The monoisotopic (exact) mass is 385 g/mol. The van der Waals surface area contributed by atoms with E-state index in [1.165, 1.54) is 11.6 Å². The Labute approximate surface area is 161 Å². The molecule has 1 amide bonds. The van der Waals surface area contributed by atoms with E-state index in [1.807, 2.05) is 31.2 Å². The average Bonchev–Trinajstić information content (AvgIpc) is 2.67. The van der Waals surface area contributed by atoms with Crippen LogP contribution in [-0.2, 0) is 14.3 Å². The third kappa shape index (κ3) is 5.34. The van der Waals surface area contributed by atoms with Crippen LogP contribution in [0.3, 0.4) is 0 Å². The molecule has 0 radical (unpaired) electrons. The number of aryl methyl sites for hydroxylation is 1. The van der Waals surface area contributed by atoms with Gasteiger partial charge < -0.3 is 14.8 Å². The number of hydrogen-bond acceptors (Lipinski definition) is 6. The number of carbonyl (C=O) groups is 3. The van der Waals surface area contributed by atoms with E-state index in [1.54, 1.807) is 23.9 Å². The molecule has 0 spiro atoms. The highest BCUT2D eigenvalue weighted by molar-refractivity contribution is 7.99. The molecule has 140 valence electrons. The van der Waals surface area contributed by atoms with E-state index in [9.17, 15) is 14.4 Å². The zero-order chi connectivity index (χ0) is 19.2. The van der Waals surface area contributed by atoms with Crippen molar-refractivity contribution in [2.24, 2.45) is 0 Å². The first kappa shape index (κ1) is 19.0. The van der Waals surface area contributed by atoms with Gasteiger partial charge in [-0.1, -0.05) is 17.7 Å². The second kappa shape index (κ2) is 8.73. The van der Waals surface area contributed by atoms with Gasteiger partial charge in [-0.25, -0.2) is 0 Å². The third-order valence-electron chi connectivity index (χ3n) is 3.89. The molecule has 2 aromatic carbocycles. The van der Waals surface area contributed by atoms with Crippen molar-refractivity contribution in [3.05, 3.63) is 53.6 Å². The number of thioether (sulfide) groups is 1. The van der Waals surface area contributed by atoms with Crippen LogP contribution in [0.2, 0.25) is 0 Å². The summed E-state index contributed by atoms with van der Waals surface area (Å²) in [5.41, 5.74) is 1.98. The molecule has 0 saturated heterocycles. The number of carbonyl (C=O) groups excluding carboxylic acids is 3. The molecule has 3 rings (SSSR count). The number of hydrogen-bond donors (Lipinski definition) is 1. The number of ether oxygens (including phenoxy) is 2. The van der Waals surface area contributed by atoms with Gasteiger partial charge in [0.25, 0.3) is 5.91 Å². The van der Waals surface area contributed by atoms with E-state index in [0.29, 0.717) is 22.8 Å². The second-order valence-electron chi connectivity index (χ2n) is 6.04. The molecule has 27 heavy (non-hydrogen) atoms. The van der Waals surface area contributed by atoms with Gasteiger partial charge in [-0.2, -0.15) is 0 Å². The summed E-state index contributed by atoms with van der Waals surface area (Å²) in [6.07, 6.45) is 0.222. The maximum absolute atomic E-state index is 12.2. The number of nitrogens with one attached hydrogen (secondary N) is 1. The van der Waals surface area contributed by atoms with Crippen molar-refractivity contribution >= 4 is 35.1 Å². The molecule has 6 nitrogen and oxygen atoms in total. The predicted octanol–water partition coefficient (Wildman–Crippen LogP) is 3.23. The number of esters is 1. The Bertz CT molecular complexity index is 863. The van der Waals surface area contributed by atoms with Gasteiger partial charge in [0.05, 0.1) is 12.1 Å². The van der Waals surface area contributed by atoms with Crippen LogP contribution < -0.4 is 10.1 Å². The number of benzene rings is 2. The Kier molecular flexibility index (Phi) is 6.13. The lowest BCUT2D eigenvalue weighted by Gasteiger charge is -2.18. The molecule has 0 bridgehead atoms. The summed E-state index contributed by atoms with van der Waals surface area (Å²) in [6.45, 7) is 1.65. The Morgan fingerprint density at radius 3 is 2.74 bits per heavy atom. The molecule has 0 atom stereocenters. The molecule has 2 aromatic rings. The van der Waals surface area contributed by atoms with Gasteiger partial charge in [0.15, 0.2) is 19.0 Å². The number of amides is 1. The van der Waals surface area contributed by atoms with E-state index in [0.717, 1.165) is 4.90 Å². The van der Waals surface area contributed by atoms with E-state index in [4.69, 9.17) is 9.47 Å². The summed E-state index contributed by atoms with van der Waals surface area (Å²) in [4.78, 5) is 36.5. The van der Waals surface area contributed by atoms with Gasteiger partial charge >= 0.3 is 5.97 Å². The highest BCUT2D eigenvalue weighted by atomic mass is 32.2. The Morgan fingerprint density at radius 2 is 1.96 bits per heavy atom. The lowest BCUT2D eigenvalue weighted by Crippen LogP contribution is -2.25. The van der Waals surface area contributed by atoms with E-state index < -0.39 is 5.97 Å². The largest absolute Gasteiger partial charge is 0.482 e. The van der Waals surface area contributed by atoms with Crippen LogP contribution in [-0.4, -0.2) is 36.6 Å². The smallest absolute Gasteiger partial charge is 0.307 e. The molecule has 0 aliphatic carbocycles. The highest BCUT2D eigenvalue weighted by Gasteiger charge is 2.18. The van der Waals surface area contributed by atoms with Gasteiger partial charge in [-0.05, 0) is 37.3 Å². The molecule has 0 saturated carbocycles. The van der Waals surface area contributed by atoms with E-state index >= 15 is 0 Å². The number of anilines is 1. The van der Waals surface area contributed by atoms with Crippen LogP contribution in [0.1, 0.15) is 22.3 Å². The normalized spacial score (nSPS) is 12.6. The molecule has 1 aliphatic heterocycles. The van der Waals surface area contributed by atoms with Crippen molar-refractivity contribution in [3.8, 4) is 5.75 Å². The van der Waals surface area contributed by atoms with Crippen molar-refractivity contribution in [1.82, 2.24) is 0 Å². The summed E-state index contributed by atoms with van der Waals surface area (Å²) in [5, 5.41) is 2.64. The van der Waals surface area contributed by atoms with Gasteiger partial charge in [0.1, 0.15) is 5.75 Å². The molecule has 0 fully saturated rings. The first-order valence-corrected chi connectivity index (χ1v) is 9.45. The van der Waals surface area contributed by atoms with Gasteiger partial charge in [0.2, 0.25) is 0 Å². The average molecular weight is 385 g/mol. The molecule has 1 heterocycles. The summed E-state index contributed by atoms with van der Waals surface area (Å²) < 4.78 is 10.3. The van der Waals surface area contributed by atoms with Crippen molar-refractivity contribution in [3.63, 3.8) is 0 Å².